The molecule has 1 aliphatic heterocycles. The number of nitrogens with one attached hydrogen (secondary N) is 2. The number of hydrogen-bond donors (Lipinski definition) is 2. The molecule has 0 bridgehead atoms. The van der Waals surface area contributed by atoms with E-state index < -0.39 is 0 Å². The van der Waals surface area contributed by atoms with Gasteiger partial charge in [-0.2, -0.15) is 0 Å². The number of likely N-dealkylation sites (tertiary alicyclic amines) is 1. The monoisotopic (exact) mass is 385 g/mol. The van der Waals surface area contributed by atoms with Gasteiger partial charge in [0, 0.05) is 30.7 Å². The normalized spacial score (nSPS) is 27.8. The molecule has 2 aliphatic rings. The Labute approximate surface area is 169 Å². The molecule has 1 aromatic rings. The molecule has 3 rings (SSSR count). The van der Waals surface area contributed by atoms with E-state index in [0.29, 0.717) is 23.4 Å². The van der Waals surface area contributed by atoms with E-state index in [-0.39, 0.29) is 23.9 Å². The van der Waals surface area contributed by atoms with Crippen molar-refractivity contribution in [3.8, 4) is 0 Å². The molecule has 1 aromatic carbocycles. The maximum absolute atomic E-state index is 12.8. The Kier molecular flexibility index (Phi) is 7.11. The Balaban J connectivity index is 1.45. The lowest BCUT2D eigenvalue weighted by molar-refractivity contribution is -0.127. The van der Waals surface area contributed by atoms with E-state index >= 15 is 0 Å². The Morgan fingerprint density at radius 1 is 1.00 bits per heavy atom. The highest BCUT2D eigenvalue weighted by Crippen LogP contribution is 2.29. The van der Waals surface area contributed by atoms with E-state index in [1.165, 1.54) is 12.8 Å². The van der Waals surface area contributed by atoms with Crippen molar-refractivity contribution in [3.63, 3.8) is 0 Å². The zero-order valence-electron chi connectivity index (χ0n) is 17.5. The number of carbonyl (C=O) groups excluding carboxylic acids is 2. The van der Waals surface area contributed by atoms with Crippen molar-refractivity contribution in [3.05, 3.63) is 35.9 Å². The van der Waals surface area contributed by atoms with E-state index in [4.69, 9.17) is 0 Å². The number of rotatable bonds is 5. The summed E-state index contributed by atoms with van der Waals surface area (Å²) in [6.07, 6.45) is 5.33. The van der Waals surface area contributed by atoms with Crippen LogP contribution in [-0.4, -0.2) is 47.9 Å². The minimum Gasteiger partial charge on any atom is -0.352 e. The molecule has 28 heavy (non-hydrogen) atoms. The van der Waals surface area contributed by atoms with Gasteiger partial charge in [-0.25, -0.2) is 0 Å². The van der Waals surface area contributed by atoms with Crippen molar-refractivity contribution < 1.29 is 9.59 Å². The zero-order valence-corrected chi connectivity index (χ0v) is 17.5. The smallest absolute Gasteiger partial charge is 0.251 e. The van der Waals surface area contributed by atoms with Crippen LogP contribution in [-0.2, 0) is 4.79 Å². The van der Waals surface area contributed by atoms with Gasteiger partial charge < -0.3 is 10.6 Å². The van der Waals surface area contributed by atoms with Crippen LogP contribution in [0.4, 0.5) is 0 Å². The summed E-state index contributed by atoms with van der Waals surface area (Å²) in [5.41, 5.74) is 0.702. The topological polar surface area (TPSA) is 61.4 Å². The summed E-state index contributed by atoms with van der Waals surface area (Å²) < 4.78 is 0. The minimum absolute atomic E-state index is 0.00903. The summed E-state index contributed by atoms with van der Waals surface area (Å²) >= 11 is 0. The summed E-state index contributed by atoms with van der Waals surface area (Å²) in [6.45, 7) is 8.24. The lowest BCUT2D eigenvalue weighted by Crippen LogP contribution is -2.54. The highest BCUT2D eigenvalue weighted by atomic mass is 16.2. The summed E-state index contributed by atoms with van der Waals surface area (Å²) in [5, 5.41) is 6.44. The summed E-state index contributed by atoms with van der Waals surface area (Å²) in [4.78, 5) is 27.4. The molecule has 2 N–H and O–H groups in total. The fourth-order valence-electron chi connectivity index (χ4n) is 4.54. The molecule has 4 atom stereocenters. The third-order valence-electron chi connectivity index (χ3n) is 6.86. The van der Waals surface area contributed by atoms with Crippen LogP contribution in [0.1, 0.15) is 63.2 Å². The molecular weight excluding hydrogens is 350 g/mol. The van der Waals surface area contributed by atoms with E-state index in [1.54, 1.807) is 0 Å². The van der Waals surface area contributed by atoms with Crippen LogP contribution in [0.15, 0.2) is 30.3 Å². The van der Waals surface area contributed by atoms with Crippen molar-refractivity contribution in [2.24, 2.45) is 11.8 Å². The van der Waals surface area contributed by atoms with Gasteiger partial charge in [0.15, 0.2) is 0 Å². The maximum Gasteiger partial charge on any atom is 0.251 e. The van der Waals surface area contributed by atoms with Crippen LogP contribution < -0.4 is 10.6 Å². The number of amides is 2. The zero-order chi connectivity index (χ0) is 20.1. The highest BCUT2D eigenvalue weighted by Gasteiger charge is 2.32. The molecule has 1 heterocycles. The van der Waals surface area contributed by atoms with Gasteiger partial charge in [0.05, 0.1) is 6.04 Å². The van der Waals surface area contributed by atoms with Crippen LogP contribution in [0.5, 0.6) is 0 Å². The van der Waals surface area contributed by atoms with Crippen molar-refractivity contribution >= 4 is 11.8 Å². The minimum atomic E-state index is -0.116. The Hall–Kier alpha value is -1.88. The lowest BCUT2D eigenvalue weighted by Gasteiger charge is -2.38. The molecule has 2 amide bonds. The number of piperidine rings is 1. The second-order valence-electron chi connectivity index (χ2n) is 8.71. The molecule has 5 heteroatoms. The van der Waals surface area contributed by atoms with Crippen molar-refractivity contribution in [1.29, 1.82) is 0 Å². The molecule has 0 radical (unpaired) electrons. The molecule has 1 saturated heterocycles. The lowest BCUT2D eigenvalue weighted by atomic mass is 9.78. The predicted octanol–water partition coefficient (Wildman–Crippen LogP) is 3.21. The fraction of sp³-hybridized carbons (Fsp3) is 0.652. The van der Waals surface area contributed by atoms with Crippen molar-refractivity contribution in [2.75, 3.05) is 13.1 Å². The number of nitrogens with zero attached hydrogens (tertiary/aromatic N) is 1. The number of hydrogen-bond acceptors (Lipinski definition) is 3. The number of carbonyl (C=O) groups is 2. The van der Waals surface area contributed by atoms with E-state index in [0.717, 1.165) is 32.4 Å². The third kappa shape index (κ3) is 5.13. The SMILES string of the molecule is C[C@H]1[C@H](C)CCC[C@@H]1NC(=O)[C@H](C)N1CCC(NC(=O)c2ccccc2)CC1. The average molecular weight is 386 g/mol. The second kappa shape index (κ2) is 9.55. The van der Waals surface area contributed by atoms with Gasteiger partial charge in [-0.15, -0.1) is 0 Å². The van der Waals surface area contributed by atoms with Gasteiger partial charge in [-0.3, -0.25) is 14.5 Å². The third-order valence-corrected chi connectivity index (χ3v) is 6.86. The molecule has 0 aromatic heterocycles. The van der Waals surface area contributed by atoms with Crippen LogP contribution in [0.25, 0.3) is 0 Å². The van der Waals surface area contributed by atoms with Gasteiger partial charge in [0.1, 0.15) is 0 Å². The molecule has 1 saturated carbocycles. The Morgan fingerprint density at radius 3 is 2.36 bits per heavy atom. The predicted molar refractivity (Wildman–Crippen MR) is 112 cm³/mol. The molecule has 1 aliphatic carbocycles. The van der Waals surface area contributed by atoms with Crippen molar-refractivity contribution in [1.82, 2.24) is 15.5 Å². The average Bonchev–Trinajstić information content (AvgIpc) is 2.72. The standard InChI is InChI=1S/C23H35N3O2/c1-16-8-7-11-21(17(16)2)25-22(27)18(3)26-14-12-20(13-15-26)24-23(28)19-9-5-4-6-10-19/h4-6,9-10,16-18,20-21H,7-8,11-15H2,1-3H3,(H,24,28)(H,25,27)/t16-,17+,18+,21+/m1/s1. The number of benzene rings is 1. The first-order valence-corrected chi connectivity index (χ1v) is 10.9. The first kappa shape index (κ1) is 20.8. The van der Waals surface area contributed by atoms with Gasteiger partial charge in [-0.05, 0) is 50.2 Å². The summed E-state index contributed by atoms with van der Waals surface area (Å²) in [5.74, 6) is 1.37. The molecule has 0 spiro atoms. The van der Waals surface area contributed by atoms with Gasteiger partial charge in [-0.1, -0.05) is 44.9 Å². The van der Waals surface area contributed by atoms with Crippen molar-refractivity contribution in [2.45, 2.75) is 71.0 Å². The van der Waals surface area contributed by atoms with Gasteiger partial charge in [0.2, 0.25) is 5.91 Å². The summed E-state index contributed by atoms with van der Waals surface area (Å²) in [6, 6.07) is 9.72. The van der Waals surface area contributed by atoms with Crippen LogP contribution in [0.3, 0.4) is 0 Å². The van der Waals surface area contributed by atoms with Crippen LogP contribution in [0, 0.1) is 11.8 Å². The molecule has 5 nitrogen and oxygen atoms in total. The Morgan fingerprint density at radius 2 is 1.68 bits per heavy atom. The largest absolute Gasteiger partial charge is 0.352 e. The first-order chi connectivity index (χ1) is 13.5. The van der Waals surface area contributed by atoms with Crippen LogP contribution in [0.2, 0.25) is 0 Å². The molecule has 0 unspecified atom stereocenters. The second-order valence-corrected chi connectivity index (χ2v) is 8.71. The molecule has 2 fully saturated rings. The van der Waals surface area contributed by atoms with E-state index in [1.807, 2.05) is 37.3 Å². The van der Waals surface area contributed by atoms with Gasteiger partial charge in [0.25, 0.3) is 5.91 Å². The summed E-state index contributed by atoms with van der Waals surface area (Å²) in [7, 11) is 0. The quantitative estimate of drug-likeness (QED) is 0.818. The fourth-order valence-corrected chi connectivity index (χ4v) is 4.54. The van der Waals surface area contributed by atoms with Gasteiger partial charge >= 0.3 is 0 Å². The Bertz CT molecular complexity index is 655. The van der Waals surface area contributed by atoms with E-state index in [9.17, 15) is 9.59 Å². The maximum atomic E-state index is 12.8. The highest BCUT2D eigenvalue weighted by molar-refractivity contribution is 5.94. The van der Waals surface area contributed by atoms with Crippen LogP contribution >= 0.6 is 0 Å². The molecule has 154 valence electrons. The first-order valence-electron chi connectivity index (χ1n) is 10.9. The molecular formula is C23H35N3O2. The van der Waals surface area contributed by atoms with E-state index in [2.05, 4.69) is 29.4 Å².